The average Bonchev–Trinajstić information content (AvgIpc) is 2.46. The van der Waals surface area contributed by atoms with E-state index in [4.69, 9.17) is 10.00 Å². The Kier molecular flexibility index (Phi) is 3.39. The first-order chi connectivity index (χ1) is 9.28. The molecule has 3 aliphatic heterocycles. The summed E-state index contributed by atoms with van der Waals surface area (Å²) in [4.78, 5) is 2.45. The molecule has 0 radical (unpaired) electrons. The summed E-state index contributed by atoms with van der Waals surface area (Å²) in [5.74, 6) is 0.678. The molecule has 4 rings (SSSR count). The Morgan fingerprint density at radius 1 is 1.37 bits per heavy atom. The Morgan fingerprint density at radius 2 is 2.16 bits per heavy atom. The van der Waals surface area contributed by atoms with Crippen LogP contribution >= 0.6 is 0 Å². The molecule has 1 aromatic carbocycles. The second-order valence-corrected chi connectivity index (χ2v) is 5.40. The van der Waals surface area contributed by atoms with Crippen molar-refractivity contribution in [1.29, 1.82) is 5.26 Å². The summed E-state index contributed by atoms with van der Waals surface area (Å²) in [7, 11) is 0. The summed E-state index contributed by atoms with van der Waals surface area (Å²) in [5, 5.41) is 8.96. The number of hydrogen-bond acceptors (Lipinski definition) is 3. The van der Waals surface area contributed by atoms with Crippen LogP contribution < -0.4 is 4.74 Å². The summed E-state index contributed by atoms with van der Waals surface area (Å²) in [6.45, 7) is 2.84. The first-order valence-electron chi connectivity index (χ1n) is 6.83. The van der Waals surface area contributed by atoms with Crippen LogP contribution in [0.5, 0.6) is 5.75 Å². The van der Waals surface area contributed by atoms with Crippen molar-refractivity contribution in [3.05, 3.63) is 29.6 Å². The van der Waals surface area contributed by atoms with Gasteiger partial charge < -0.3 is 4.74 Å². The van der Waals surface area contributed by atoms with Crippen molar-refractivity contribution in [2.24, 2.45) is 5.92 Å². The van der Waals surface area contributed by atoms with Gasteiger partial charge in [0, 0.05) is 6.04 Å². The van der Waals surface area contributed by atoms with Gasteiger partial charge >= 0.3 is 0 Å². The molecule has 19 heavy (non-hydrogen) atoms. The Labute approximate surface area is 112 Å². The fraction of sp³-hybridized carbons (Fsp3) is 0.533. The Morgan fingerprint density at radius 3 is 2.79 bits per heavy atom. The van der Waals surface area contributed by atoms with Gasteiger partial charge in [0.15, 0.2) is 0 Å². The van der Waals surface area contributed by atoms with Crippen molar-refractivity contribution in [2.75, 3.05) is 19.7 Å². The van der Waals surface area contributed by atoms with Gasteiger partial charge in [-0.2, -0.15) is 5.26 Å². The number of ether oxygens (including phenoxy) is 1. The molecule has 0 aliphatic carbocycles. The maximum Gasteiger partial charge on any atom is 0.144 e. The van der Waals surface area contributed by atoms with Crippen molar-refractivity contribution in [1.82, 2.24) is 4.90 Å². The molecular weight excluding hydrogens is 243 g/mol. The minimum absolute atomic E-state index is 0.0125. The zero-order chi connectivity index (χ0) is 13.2. The maximum absolute atomic E-state index is 13.5. The summed E-state index contributed by atoms with van der Waals surface area (Å²) in [6, 6.07) is 6.83. The molecule has 4 heteroatoms. The van der Waals surface area contributed by atoms with E-state index in [9.17, 15) is 4.39 Å². The standard InChI is InChI=1S/C15H17FN2O/c16-14-2-1-3-15(13(14)9-17)19-10-12-8-11-4-6-18(12)7-5-11/h1-3,11-12H,4-8,10H2. The predicted octanol–water partition coefficient (Wildman–Crippen LogP) is 2.56. The minimum atomic E-state index is -0.509. The summed E-state index contributed by atoms with van der Waals surface area (Å²) in [5.41, 5.74) is 0.0125. The summed E-state index contributed by atoms with van der Waals surface area (Å²) >= 11 is 0. The molecule has 3 nitrogen and oxygen atoms in total. The molecule has 0 saturated carbocycles. The third-order valence-electron chi connectivity index (χ3n) is 4.29. The number of halogens is 1. The van der Waals surface area contributed by atoms with Crippen LogP contribution in [0.2, 0.25) is 0 Å². The number of fused-ring (bicyclic) bond motifs is 3. The maximum atomic E-state index is 13.5. The zero-order valence-electron chi connectivity index (χ0n) is 10.8. The third-order valence-corrected chi connectivity index (χ3v) is 4.29. The van der Waals surface area contributed by atoms with Gasteiger partial charge in [-0.25, -0.2) is 4.39 Å². The minimum Gasteiger partial charge on any atom is -0.490 e. The van der Waals surface area contributed by atoms with E-state index in [1.54, 1.807) is 12.1 Å². The molecule has 100 valence electrons. The van der Waals surface area contributed by atoms with Gasteiger partial charge in [-0.15, -0.1) is 0 Å². The van der Waals surface area contributed by atoms with Crippen LogP contribution in [0, 0.1) is 23.1 Å². The fourth-order valence-electron chi connectivity index (χ4n) is 3.18. The molecule has 2 bridgehead atoms. The molecule has 0 aromatic heterocycles. The highest BCUT2D eigenvalue weighted by molar-refractivity contribution is 5.43. The van der Waals surface area contributed by atoms with Gasteiger partial charge in [-0.05, 0) is 50.4 Å². The molecule has 1 aromatic rings. The molecule has 1 atom stereocenters. The number of piperidine rings is 3. The lowest BCUT2D eigenvalue weighted by Crippen LogP contribution is -2.51. The average molecular weight is 260 g/mol. The van der Waals surface area contributed by atoms with E-state index in [1.807, 2.05) is 6.07 Å². The van der Waals surface area contributed by atoms with Crippen molar-refractivity contribution in [3.8, 4) is 11.8 Å². The van der Waals surface area contributed by atoms with Crippen molar-refractivity contribution in [2.45, 2.75) is 25.3 Å². The van der Waals surface area contributed by atoms with E-state index in [0.29, 0.717) is 18.4 Å². The van der Waals surface area contributed by atoms with Crippen molar-refractivity contribution < 1.29 is 9.13 Å². The van der Waals surface area contributed by atoms with E-state index in [2.05, 4.69) is 4.90 Å². The lowest BCUT2D eigenvalue weighted by atomic mass is 9.83. The van der Waals surface area contributed by atoms with Crippen LogP contribution in [0.15, 0.2) is 18.2 Å². The quantitative estimate of drug-likeness (QED) is 0.838. The predicted molar refractivity (Wildman–Crippen MR) is 69.3 cm³/mol. The van der Waals surface area contributed by atoms with Crippen LogP contribution in [0.25, 0.3) is 0 Å². The third kappa shape index (κ3) is 2.43. The first-order valence-corrected chi connectivity index (χ1v) is 6.83. The van der Waals surface area contributed by atoms with Gasteiger partial charge in [-0.3, -0.25) is 4.90 Å². The van der Waals surface area contributed by atoms with E-state index in [1.165, 1.54) is 18.9 Å². The molecule has 0 amide bonds. The van der Waals surface area contributed by atoms with Gasteiger partial charge in [0.1, 0.15) is 29.8 Å². The van der Waals surface area contributed by atoms with Gasteiger partial charge in [0.2, 0.25) is 0 Å². The number of hydrogen-bond donors (Lipinski definition) is 0. The second-order valence-electron chi connectivity index (χ2n) is 5.40. The zero-order valence-corrected chi connectivity index (χ0v) is 10.8. The van der Waals surface area contributed by atoms with Gasteiger partial charge in [0.05, 0.1) is 0 Å². The van der Waals surface area contributed by atoms with Crippen LogP contribution in [0.4, 0.5) is 4.39 Å². The normalized spacial score (nSPS) is 28.9. The molecule has 0 spiro atoms. The second kappa shape index (κ2) is 5.18. The smallest absolute Gasteiger partial charge is 0.144 e. The van der Waals surface area contributed by atoms with E-state index >= 15 is 0 Å². The largest absolute Gasteiger partial charge is 0.490 e. The lowest BCUT2D eigenvalue weighted by molar-refractivity contribution is 0.0237. The topological polar surface area (TPSA) is 36.3 Å². The molecule has 3 heterocycles. The van der Waals surface area contributed by atoms with Gasteiger partial charge in [0.25, 0.3) is 0 Å². The Hall–Kier alpha value is -1.60. The lowest BCUT2D eigenvalue weighted by Gasteiger charge is -2.45. The van der Waals surface area contributed by atoms with E-state index in [0.717, 1.165) is 25.4 Å². The van der Waals surface area contributed by atoms with E-state index in [-0.39, 0.29) is 5.56 Å². The van der Waals surface area contributed by atoms with Crippen LogP contribution in [-0.2, 0) is 0 Å². The van der Waals surface area contributed by atoms with Crippen LogP contribution in [0.1, 0.15) is 24.8 Å². The van der Waals surface area contributed by atoms with Crippen molar-refractivity contribution in [3.63, 3.8) is 0 Å². The summed E-state index contributed by atoms with van der Waals surface area (Å²) in [6.07, 6.45) is 3.75. The number of benzene rings is 1. The van der Waals surface area contributed by atoms with E-state index < -0.39 is 5.82 Å². The number of rotatable bonds is 3. The van der Waals surface area contributed by atoms with Crippen LogP contribution in [0.3, 0.4) is 0 Å². The molecular formula is C15H17FN2O. The van der Waals surface area contributed by atoms with Crippen molar-refractivity contribution >= 4 is 0 Å². The first kappa shape index (κ1) is 12.4. The monoisotopic (exact) mass is 260 g/mol. The Balaban J connectivity index is 1.67. The Bertz CT molecular complexity index is 503. The fourth-order valence-corrected chi connectivity index (χ4v) is 3.18. The highest BCUT2D eigenvalue weighted by Gasteiger charge is 2.33. The van der Waals surface area contributed by atoms with Crippen LogP contribution in [-0.4, -0.2) is 30.6 Å². The molecule has 1 unspecified atom stereocenters. The SMILES string of the molecule is N#Cc1c(F)cccc1OCC1CC2CCN1CC2. The highest BCUT2D eigenvalue weighted by Crippen LogP contribution is 2.32. The number of nitrogens with zero attached hydrogens (tertiary/aromatic N) is 2. The number of nitriles is 1. The summed E-state index contributed by atoms with van der Waals surface area (Å²) < 4.78 is 19.1. The van der Waals surface area contributed by atoms with Gasteiger partial charge in [-0.1, -0.05) is 6.07 Å². The molecule has 3 saturated heterocycles. The highest BCUT2D eigenvalue weighted by atomic mass is 19.1. The molecule has 0 N–H and O–H groups in total. The molecule has 3 fully saturated rings. The molecule has 3 aliphatic rings.